The molecule has 1 atom stereocenters. The molecule has 1 saturated heterocycles. The largest absolute Gasteiger partial charge is 0.377 e. The van der Waals surface area contributed by atoms with E-state index in [1.165, 1.54) is 29.5 Å². The van der Waals surface area contributed by atoms with Gasteiger partial charge < -0.3 is 10.1 Å². The van der Waals surface area contributed by atoms with E-state index in [0.29, 0.717) is 12.3 Å². The molecule has 2 N–H and O–H groups in total. The van der Waals surface area contributed by atoms with Gasteiger partial charge in [-0.2, -0.15) is 0 Å². The topological polar surface area (TPSA) is 97.4 Å². The van der Waals surface area contributed by atoms with Gasteiger partial charge in [0.25, 0.3) is 5.91 Å². The number of ether oxygens (including phenoxy) is 1. The van der Waals surface area contributed by atoms with E-state index in [1.54, 1.807) is 6.07 Å². The molecule has 10 heteroatoms. The van der Waals surface area contributed by atoms with Crippen LogP contribution in [0.25, 0.3) is 10.2 Å². The van der Waals surface area contributed by atoms with E-state index in [1.807, 2.05) is 19.1 Å². The molecule has 1 amide bonds. The molecule has 0 saturated carbocycles. The molecular weight excluding hydrogens is 446 g/mol. The summed E-state index contributed by atoms with van der Waals surface area (Å²) in [7, 11) is -3.88. The molecule has 1 fully saturated rings. The normalized spacial score (nSPS) is 16.8. The number of hydrogen-bond acceptors (Lipinski definition) is 6. The zero-order valence-corrected chi connectivity index (χ0v) is 18.5. The van der Waals surface area contributed by atoms with Gasteiger partial charge in [0.15, 0.2) is 0 Å². The number of nitrogens with zero attached hydrogens (tertiary/aromatic N) is 1. The van der Waals surface area contributed by atoms with Crippen LogP contribution in [0.1, 0.15) is 28.2 Å². The Morgan fingerprint density at radius 3 is 2.90 bits per heavy atom. The Kier molecular flexibility index (Phi) is 6.08. The fraction of sp³-hybridized carbons (Fsp3) is 0.300. The summed E-state index contributed by atoms with van der Waals surface area (Å²) in [5.74, 6) is -0.428. The standard InChI is InChI=1S/C20H20ClN3O4S2/c1-12-23-17-7-5-14(10-18(17)29-12)24-20(25)13-4-6-16(21)19(9-13)30(26,27)22-11-15-3-2-8-28-15/h4-7,9-10,15,22H,2-3,8,11H2,1H3,(H,24,25)/t15-/m1/s1. The summed E-state index contributed by atoms with van der Waals surface area (Å²) < 4.78 is 34.3. The van der Waals surface area contributed by atoms with Crippen LogP contribution in [-0.2, 0) is 14.8 Å². The number of thiazole rings is 1. The highest BCUT2D eigenvalue weighted by Gasteiger charge is 2.23. The highest BCUT2D eigenvalue weighted by Crippen LogP contribution is 2.26. The van der Waals surface area contributed by atoms with Crippen molar-refractivity contribution in [2.75, 3.05) is 18.5 Å². The van der Waals surface area contributed by atoms with Crippen molar-refractivity contribution >= 4 is 54.8 Å². The Hall–Kier alpha value is -2.04. The number of halogens is 1. The van der Waals surface area contributed by atoms with Crippen molar-refractivity contribution < 1.29 is 17.9 Å². The van der Waals surface area contributed by atoms with Gasteiger partial charge in [0, 0.05) is 24.4 Å². The first kappa shape index (κ1) is 21.2. The molecule has 158 valence electrons. The van der Waals surface area contributed by atoms with Crippen molar-refractivity contribution in [2.45, 2.75) is 30.8 Å². The summed E-state index contributed by atoms with van der Waals surface area (Å²) in [6.45, 7) is 2.73. The van der Waals surface area contributed by atoms with Gasteiger partial charge in [-0.05, 0) is 56.2 Å². The molecule has 1 aliphatic rings. The van der Waals surface area contributed by atoms with Crippen molar-refractivity contribution in [3.63, 3.8) is 0 Å². The second kappa shape index (κ2) is 8.60. The number of anilines is 1. The zero-order chi connectivity index (χ0) is 21.3. The molecule has 4 rings (SSSR count). The average Bonchev–Trinajstić information content (AvgIpc) is 3.35. The lowest BCUT2D eigenvalue weighted by molar-refractivity contribution is 0.102. The first-order valence-corrected chi connectivity index (χ1v) is 12.1. The van der Waals surface area contributed by atoms with E-state index >= 15 is 0 Å². The third-order valence-corrected chi connectivity index (χ3v) is 7.60. The van der Waals surface area contributed by atoms with Gasteiger partial charge in [0.2, 0.25) is 10.0 Å². The lowest BCUT2D eigenvalue weighted by atomic mass is 10.2. The average molecular weight is 466 g/mol. The van der Waals surface area contributed by atoms with Gasteiger partial charge >= 0.3 is 0 Å². The second-order valence-corrected chi connectivity index (χ2v) is 10.4. The van der Waals surface area contributed by atoms with E-state index in [4.69, 9.17) is 16.3 Å². The monoisotopic (exact) mass is 465 g/mol. The minimum Gasteiger partial charge on any atom is -0.377 e. The van der Waals surface area contributed by atoms with Crippen molar-refractivity contribution in [1.29, 1.82) is 0 Å². The number of carbonyl (C=O) groups is 1. The number of amides is 1. The molecular formula is C20H20ClN3O4S2. The third-order valence-electron chi connectivity index (χ3n) is 4.76. The summed E-state index contributed by atoms with van der Waals surface area (Å²) >= 11 is 7.66. The predicted octanol–water partition coefficient (Wildman–Crippen LogP) is 3.97. The Balaban J connectivity index is 1.52. The maximum absolute atomic E-state index is 12.7. The molecule has 0 unspecified atom stereocenters. The molecule has 1 aliphatic heterocycles. The number of carbonyl (C=O) groups excluding carboxylic acids is 1. The third kappa shape index (κ3) is 4.65. The molecule has 0 spiro atoms. The molecule has 2 heterocycles. The first-order valence-electron chi connectivity index (χ1n) is 9.41. The quantitative estimate of drug-likeness (QED) is 0.574. The van der Waals surface area contributed by atoms with Crippen LogP contribution in [0.3, 0.4) is 0 Å². The van der Waals surface area contributed by atoms with Crippen molar-refractivity contribution in [1.82, 2.24) is 9.71 Å². The lowest BCUT2D eigenvalue weighted by Crippen LogP contribution is -2.32. The molecule has 3 aromatic rings. The Labute approximate surface area is 183 Å². The minimum atomic E-state index is -3.88. The van der Waals surface area contributed by atoms with Gasteiger partial charge in [-0.15, -0.1) is 11.3 Å². The van der Waals surface area contributed by atoms with Gasteiger partial charge in [-0.25, -0.2) is 18.1 Å². The number of aryl methyl sites for hydroxylation is 1. The van der Waals surface area contributed by atoms with Crippen molar-refractivity contribution in [3.8, 4) is 0 Å². The predicted molar refractivity (Wildman–Crippen MR) is 118 cm³/mol. The maximum atomic E-state index is 12.7. The molecule has 1 aromatic heterocycles. The Bertz CT molecular complexity index is 1200. The summed E-state index contributed by atoms with van der Waals surface area (Å²) in [6, 6.07) is 9.62. The number of aromatic nitrogens is 1. The van der Waals surface area contributed by atoms with E-state index < -0.39 is 15.9 Å². The zero-order valence-electron chi connectivity index (χ0n) is 16.1. The minimum absolute atomic E-state index is 0.0490. The van der Waals surface area contributed by atoms with Crippen LogP contribution < -0.4 is 10.0 Å². The number of benzene rings is 2. The molecule has 30 heavy (non-hydrogen) atoms. The van der Waals surface area contributed by atoms with Gasteiger partial charge in [-0.3, -0.25) is 4.79 Å². The van der Waals surface area contributed by atoms with Crippen molar-refractivity contribution in [2.24, 2.45) is 0 Å². The SMILES string of the molecule is Cc1nc2ccc(NC(=O)c3ccc(Cl)c(S(=O)(=O)NC[C@H]4CCCO4)c3)cc2s1. The van der Waals surface area contributed by atoms with E-state index in [2.05, 4.69) is 15.0 Å². The summed E-state index contributed by atoms with van der Waals surface area (Å²) in [5, 5.41) is 3.79. The number of fused-ring (bicyclic) bond motifs is 1. The van der Waals surface area contributed by atoms with Gasteiger partial charge in [-0.1, -0.05) is 11.6 Å². The summed E-state index contributed by atoms with van der Waals surface area (Å²) in [5.41, 5.74) is 1.66. The van der Waals surface area contributed by atoms with Crippen LogP contribution in [0, 0.1) is 6.92 Å². The summed E-state index contributed by atoms with van der Waals surface area (Å²) in [4.78, 5) is 17.0. The molecule has 2 aromatic carbocycles. The van der Waals surface area contributed by atoms with E-state index in [-0.39, 0.29) is 28.1 Å². The van der Waals surface area contributed by atoms with Crippen LogP contribution in [0.5, 0.6) is 0 Å². The molecule has 0 bridgehead atoms. The number of rotatable bonds is 6. The van der Waals surface area contributed by atoms with Crippen LogP contribution in [0.4, 0.5) is 5.69 Å². The van der Waals surface area contributed by atoms with Crippen LogP contribution in [-0.4, -0.2) is 38.6 Å². The van der Waals surface area contributed by atoms with Crippen LogP contribution >= 0.6 is 22.9 Å². The highest BCUT2D eigenvalue weighted by atomic mass is 35.5. The van der Waals surface area contributed by atoms with Crippen molar-refractivity contribution in [3.05, 3.63) is 52.0 Å². The lowest BCUT2D eigenvalue weighted by Gasteiger charge is -2.13. The van der Waals surface area contributed by atoms with Gasteiger partial charge in [0.1, 0.15) is 4.90 Å². The van der Waals surface area contributed by atoms with E-state index in [9.17, 15) is 13.2 Å². The first-order chi connectivity index (χ1) is 14.3. The Morgan fingerprint density at radius 2 is 2.13 bits per heavy atom. The maximum Gasteiger partial charge on any atom is 0.255 e. The highest BCUT2D eigenvalue weighted by molar-refractivity contribution is 7.89. The Morgan fingerprint density at radius 1 is 1.30 bits per heavy atom. The second-order valence-electron chi connectivity index (χ2n) is 7.00. The number of hydrogen-bond donors (Lipinski definition) is 2. The number of sulfonamides is 1. The van der Waals surface area contributed by atoms with E-state index in [0.717, 1.165) is 28.1 Å². The molecule has 0 radical (unpaired) electrons. The fourth-order valence-corrected chi connectivity index (χ4v) is 5.71. The van der Waals surface area contributed by atoms with Crippen LogP contribution in [0.15, 0.2) is 41.3 Å². The molecule has 7 nitrogen and oxygen atoms in total. The molecule has 0 aliphatic carbocycles. The fourth-order valence-electron chi connectivity index (χ4n) is 3.26. The van der Waals surface area contributed by atoms with Crippen LogP contribution in [0.2, 0.25) is 5.02 Å². The number of nitrogens with one attached hydrogen (secondary N) is 2. The smallest absolute Gasteiger partial charge is 0.255 e. The van der Waals surface area contributed by atoms with Gasteiger partial charge in [0.05, 0.1) is 26.4 Å². The summed E-state index contributed by atoms with van der Waals surface area (Å²) in [6.07, 6.45) is 1.58.